The minimum absolute atomic E-state index is 0.0619. The maximum atomic E-state index is 13.0. The van der Waals surface area contributed by atoms with Gasteiger partial charge in [-0.1, -0.05) is 23.7 Å². The van der Waals surface area contributed by atoms with Gasteiger partial charge in [0.15, 0.2) is 5.82 Å². The van der Waals surface area contributed by atoms with Crippen LogP contribution in [0.1, 0.15) is 21.5 Å². The number of nitro groups is 1. The molecule has 0 atom stereocenters. The first-order chi connectivity index (χ1) is 12.8. The Labute approximate surface area is 158 Å². The van der Waals surface area contributed by atoms with Crippen molar-refractivity contribution in [3.63, 3.8) is 0 Å². The van der Waals surface area contributed by atoms with E-state index in [1.807, 2.05) is 0 Å². The molecule has 0 aliphatic heterocycles. The predicted octanol–water partition coefficient (Wildman–Crippen LogP) is 4.19. The number of nitro benzene ring substituents is 1. The van der Waals surface area contributed by atoms with Gasteiger partial charge in [-0.2, -0.15) is 5.10 Å². The molecule has 3 rings (SSSR count). The van der Waals surface area contributed by atoms with Gasteiger partial charge in [0, 0.05) is 23.4 Å². The minimum atomic E-state index is -0.509. The zero-order chi connectivity index (χ0) is 19.6. The third-order valence-electron chi connectivity index (χ3n) is 3.86. The van der Waals surface area contributed by atoms with E-state index < -0.39 is 10.8 Å². The molecular weight excluding hydrogens is 375 g/mol. The minimum Gasteiger partial charge on any atom is -0.304 e. The van der Waals surface area contributed by atoms with Gasteiger partial charge in [0.05, 0.1) is 11.5 Å². The number of carbonyl (C=O) groups is 1. The first-order valence-electron chi connectivity index (χ1n) is 7.87. The van der Waals surface area contributed by atoms with Crippen LogP contribution >= 0.6 is 11.6 Å². The Morgan fingerprint density at radius 2 is 2.00 bits per heavy atom. The quantitative estimate of drug-likeness (QED) is 0.524. The van der Waals surface area contributed by atoms with Crippen molar-refractivity contribution in [3.8, 4) is 0 Å². The molecule has 1 N–H and O–H groups in total. The zero-order valence-corrected chi connectivity index (χ0v) is 14.9. The van der Waals surface area contributed by atoms with Gasteiger partial charge in [-0.25, -0.2) is 4.39 Å². The molecule has 7 nitrogen and oxygen atoms in total. The molecule has 27 heavy (non-hydrogen) atoms. The number of anilines is 1. The first-order valence-corrected chi connectivity index (χ1v) is 8.25. The number of halogens is 2. The number of nitrogens with zero attached hydrogens (tertiary/aromatic N) is 3. The van der Waals surface area contributed by atoms with Gasteiger partial charge in [0.25, 0.3) is 11.6 Å². The molecule has 3 aromatic rings. The highest BCUT2D eigenvalue weighted by atomic mass is 35.5. The van der Waals surface area contributed by atoms with Crippen molar-refractivity contribution in [3.05, 3.63) is 86.3 Å². The van der Waals surface area contributed by atoms with Crippen LogP contribution in [0.3, 0.4) is 0 Å². The molecule has 2 aromatic carbocycles. The highest BCUT2D eigenvalue weighted by Gasteiger charge is 2.16. The molecule has 9 heteroatoms. The summed E-state index contributed by atoms with van der Waals surface area (Å²) in [5.74, 6) is -0.648. The van der Waals surface area contributed by atoms with E-state index in [1.165, 1.54) is 35.0 Å². The van der Waals surface area contributed by atoms with E-state index in [9.17, 15) is 19.3 Å². The molecule has 0 aliphatic rings. The summed E-state index contributed by atoms with van der Waals surface area (Å²) in [6.45, 7) is 1.91. The number of nitrogens with one attached hydrogen (secondary N) is 1. The van der Waals surface area contributed by atoms with Crippen LogP contribution in [0, 0.1) is 22.9 Å². The number of amides is 1. The number of carbonyl (C=O) groups excluding carboxylic acids is 1. The van der Waals surface area contributed by atoms with Crippen LogP contribution in [-0.2, 0) is 6.54 Å². The van der Waals surface area contributed by atoms with Gasteiger partial charge in [-0.15, -0.1) is 0 Å². The largest absolute Gasteiger partial charge is 0.304 e. The summed E-state index contributed by atoms with van der Waals surface area (Å²) in [5, 5.41) is 17.9. The first kappa shape index (κ1) is 18.5. The molecule has 0 spiro atoms. The van der Waals surface area contributed by atoms with Crippen molar-refractivity contribution in [2.75, 3.05) is 5.32 Å². The lowest BCUT2D eigenvalue weighted by molar-refractivity contribution is -0.385. The van der Waals surface area contributed by atoms with Gasteiger partial charge in [0.1, 0.15) is 10.8 Å². The third-order valence-corrected chi connectivity index (χ3v) is 4.14. The fraction of sp³-hybridized carbons (Fsp3) is 0.111. The van der Waals surface area contributed by atoms with Crippen LogP contribution in [0.4, 0.5) is 15.9 Å². The summed E-state index contributed by atoms with van der Waals surface area (Å²) in [6.07, 6.45) is 1.54. The average Bonchev–Trinajstić information content (AvgIpc) is 2.95. The maximum absolute atomic E-state index is 13.0. The van der Waals surface area contributed by atoms with E-state index >= 15 is 0 Å². The average molecular weight is 389 g/mol. The second-order valence-electron chi connectivity index (χ2n) is 5.86. The fourth-order valence-electron chi connectivity index (χ4n) is 2.52. The Hall–Kier alpha value is -3.26. The molecule has 0 saturated carbocycles. The number of hydrogen-bond acceptors (Lipinski definition) is 4. The van der Waals surface area contributed by atoms with Crippen LogP contribution in [0.5, 0.6) is 0 Å². The van der Waals surface area contributed by atoms with E-state index in [1.54, 1.807) is 25.3 Å². The topological polar surface area (TPSA) is 90.1 Å². The highest BCUT2D eigenvalue weighted by Crippen LogP contribution is 2.23. The summed E-state index contributed by atoms with van der Waals surface area (Å²) >= 11 is 6.12. The lowest BCUT2D eigenvalue weighted by Crippen LogP contribution is -2.13. The molecule has 1 heterocycles. The highest BCUT2D eigenvalue weighted by molar-refractivity contribution is 6.33. The van der Waals surface area contributed by atoms with Crippen molar-refractivity contribution >= 4 is 29.0 Å². The van der Waals surface area contributed by atoms with Crippen molar-refractivity contribution in [1.82, 2.24) is 9.78 Å². The fourth-order valence-corrected chi connectivity index (χ4v) is 2.72. The summed E-state index contributed by atoms with van der Waals surface area (Å²) in [7, 11) is 0. The molecule has 0 saturated heterocycles. The van der Waals surface area contributed by atoms with Crippen molar-refractivity contribution in [2.24, 2.45) is 0 Å². The Morgan fingerprint density at radius 3 is 2.63 bits per heavy atom. The number of hydrogen-bond donors (Lipinski definition) is 1. The molecule has 138 valence electrons. The van der Waals surface area contributed by atoms with Gasteiger partial charge < -0.3 is 5.32 Å². The Morgan fingerprint density at radius 1 is 1.30 bits per heavy atom. The van der Waals surface area contributed by atoms with Crippen LogP contribution < -0.4 is 5.32 Å². The monoisotopic (exact) mass is 388 g/mol. The second-order valence-corrected chi connectivity index (χ2v) is 6.27. The predicted molar refractivity (Wildman–Crippen MR) is 98.5 cm³/mol. The second kappa shape index (κ2) is 7.55. The third kappa shape index (κ3) is 4.29. The number of rotatable bonds is 5. The molecule has 0 fully saturated rings. The molecule has 0 radical (unpaired) electrons. The summed E-state index contributed by atoms with van der Waals surface area (Å²) in [6, 6.07) is 10.0. The van der Waals surface area contributed by atoms with Gasteiger partial charge in [-0.3, -0.25) is 19.6 Å². The van der Waals surface area contributed by atoms with Crippen LogP contribution in [0.25, 0.3) is 0 Å². The SMILES string of the molecule is Cc1cc(C(=O)Nc2nn(Cc3ccc(F)cc3)cc2Cl)ccc1[N+](=O)[O-]. The van der Waals surface area contributed by atoms with Crippen LogP contribution in [0.2, 0.25) is 5.02 Å². The van der Waals surface area contributed by atoms with E-state index in [0.29, 0.717) is 12.1 Å². The van der Waals surface area contributed by atoms with E-state index in [0.717, 1.165) is 5.56 Å². The number of aromatic nitrogens is 2. The van der Waals surface area contributed by atoms with Gasteiger partial charge in [0.2, 0.25) is 0 Å². The zero-order valence-electron chi connectivity index (χ0n) is 14.1. The van der Waals surface area contributed by atoms with Crippen molar-refractivity contribution in [2.45, 2.75) is 13.5 Å². The normalized spacial score (nSPS) is 10.6. The van der Waals surface area contributed by atoms with Crippen molar-refractivity contribution < 1.29 is 14.1 Å². The number of benzene rings is 2. The Kier molecular flexibility index (Phi) is 5.18. The Balaban J connectivity index is 1.74. The van der Waals surface area contributed by atoms with E-state index in [2.05, 4.69) is 10.4 Å². The number of aryl methyl sites for hydroxylation is 1. The molecule has 0 aliphatic carbocycles. The lowest BCUT2D eigenvalue weighted by Gasteiger charge is -2.05. The van der Waals surface area contributed by atoms with E-state index in [-0.39, 0.29) is 27.9 Å². The van der Waals surface area contributed by atoms with E-state index in [4.69, 9.17) is 11.6 Å². The maximum Gasteiger partial charge on any atom is 0.272 e. The summed E-state index contributed by atoms with van der Waals surface area (Å²) < 4.78 is 14.5. The lowest BCUT2D eigenvalue weighted by atomic mass is 10.1. The van der Waals surface area contributed by atoms with Crippen molar-refractivity contribution in [1.29, 1.82) is 0 Å². The molecular formula is C18H14ClFN4O3. The van der Waals surface area contributed by atoms with Gasteiger partial charge >= 0.3 is 0 Å². The summed E-state index contributed by atoms with van der Waals surface area (Å²) in [4.78, 5) is 22.7. The summed E-state index contributed by atoms with van der Waals surface area (Å²) in [5.41, 5.74) is 1.38. The van der Waals surface area contributed by atoms with Crippen LogP contribution in [0.15, 0.2) is 48.7 Å². The molecule has 1 aromatic heterocycles. The standard InChI is InChI=1S/C18H14ClFN4O3/c1-11-8-13(4-7-16(11)24(26)27)18(25)21-17-15(19)10-23(22-17)9-12-2-5-14(20)6-3-12/h2-8,10H,9H2,1H3,(H,21,22,25). The van der Waals surface area contributed by atoms with Gasteiger partial charge in [-0.05, 0) is 36.8 Å². The molecule has 0 bridgehead atoms. The Bertz CT molecular complexity index is 1020. The molecule has 0 unspecified atom stereocenters. The molecule has 1 amide bonds. The van der Waals surface area contributed by atoms with Crippen LogP contribution in [-0.4, -0.2) is 20.6 Å². The smallest absolute Gasteiger partial charge is 0.272 e.